The summed E-state index contributed by atoms with van der Waals surface area (Å²) in [6, 6.07) is 3.11. The molecule has 0 aliphatic carbocycles. The smallest absolute Gasteiger partial charge is 0.0666 e. The van der Waals surface area contributed by atoms with Crippen LogP contribution >= 0.6 is 0 Å². The van der Waals surface area contributed by atoms with E-state index in [0.29, 0.717) is 0 Å². The summed E-state index contributed by atoms with van der Waals surface area (Å²) in [5.74, 6) is 0.179. The third kappa shape index (κ3) is 2.70. The zero-order valence-corrected chi connectivity index (χ0v) is 9.65. The highest BCUT2D eigenvalue weighted by atomic mass is 15.3. The van der Waals surface area contributed by atoms with Crippen LogP contribution in [0.1, 0.15) is 26.2 Å². The average Bonchev–Trinajstić information content (AvgIpc) is 2.58. The normalized spacial score (nSPS) is 30.5. The first-order valence-electron chi connectivity index (χ1n) is 6.15. The van der Waals surface area contributed by atoms with E-state index in [1.54, 1.807) is 0 Å². The summed E-state index contributed by atoms with van der Waals surface area (Å²) in [5.41, 5.74) is 0. The Balaban J connectivity index is 1.88. The van der Waals surface area contributed by atoms with Crippen LogP contribution in [0.3, 0.4) is 0 Å². The largest absolute Gasteiger partial charge is 0.300 e. The highest BCUT2D eigenvalue weighted by Gasteiger charge is 2.28. The van der Waals surface area contributed by atoms with E-state index in [1.807, 2.05) is 6.92 Å². The molecule has 0 amide bonds. The van der Waals surface area contributed by atoms with Crippen LogP contribution in [-0.4, -0.2) is 48.6 Å². The zero-order valence-electron chi connectivity index (χ0n) is 9.65. The molecule has 0 aromatic rings. The van der Waals surface area contributed by atoms with E-state index in [4.69, 9.17) is 5.26 Å². The lowest BCUT2D eigenvalue weighted by atomic mass is 10.1. The minimum absolute atomic E-state index is 0.179. The lowest BCUT2D eigenvalue weighted by Crippen LogP contribution is -2.38. The Morgan fingerprint density at radius 2 is 2.13 bits per heavy atom. The quantitative estimate of drug-likeness (QED) is 0.684. The molecule has 0 radical (unpaired) electrons. The van der Waals surface area contributed by atoms with Crippen molar-refractivity contribution in [2.75, 3.05) is 32.7 Å². The fourth-order valence-electron chi connectivity index (χ4n) is 2.88. The Kier molecular flexibility index (Phi) is 3.61. The van der Waals surface area contributed by atoms with E-state index in [1.165, 1.54) is 45.4 Å². The number of hydrogen-bond donors (Lipinski definition) is 0. The first kappa shape index (κ1) is 10.9. The van der Waals surface area contributed by atoms with E-state index >= 15 is 0 Å². The first-order chi connectivity index (χ1) is 7.29. The van der Waals surface area contributed by atoms with Gasteiger partial charge in [-0.05, 0) is 45.8 Å². The van der Waals surface area contributed by atoms with Gasteiger partial charge in [0.05, 0.1) is 12.0 Å². The van der Waals surface area contributed by atoms with Crippen molar-refractivity contribution in [1.29, 1.82) is 5.26 Å². The van der Waals surface area contributed by atoms with Crippen LogP contribution in [-0.2, 0) is 0 Å². The fraction of sp³-hybridized carbons (Fsp3) is 0.917. The van der Waals surface area contributed by atoms with Crippen molar-refractivity contribution < 1.29 is 0 Å². The van der Waals surface area contributed by atoms with Gasteiger partial charge in [-0.25, -0.2) is 0 Å². The number of fused-ring (bicyclic) bond motifs is 1. The Morgan fingerprint density at radius 1 is 1.33 bits per heavy atom. The molecule has 0 spiro atoms. The van der Waals surface area contributed by atoms with Crippen molar-refractivity contribution >= 4 is 0 Å². The number of rotatable bonds is 2. The van der Waals surface area contributed by atoms with Crippen molar-refractivity contribution in [3.8, 4) is 6.07 Å². The highest BCUT2D eigenvalue weighted by Crippen LogP contribution is 2.21. The molecular weight excluding hydrogens is 186 g/mol. The average molecular weight is 207 g/mol. The van der Waals surface area contributed by atoms with E-state index in [2.05, 4.69) is 15.9 Å². The SMILES string of the molecule is CC(C#N)CN1CCCN2CCCC2C1. The molecule has 0 N–H and O–H groups in total. The Morgan fingerprint density at radius 3 is 2.93 bits per heavy atom. The first-order valence-corrected chi connectivity index (χ1v) is 6.15. The van der Waals surface area contributed by atoms with Gasteiger partial charge < -0.3 is 4.90 Å². The van der Waals surface area contributed by atoms with Gasteiger partial charge in [0.1, 0.15) is 0 Å². The number of hydrogen-bond acceptors (Lipinski definition) is 3. The molecule has 2 heterocycles. The molecule has 2 fully saturated rings. The van der Waals surface area contributed by atoms with Crippen LogP contribution in [0.15, 0.2) is 0 Å². The van der Waals surface area contributed by atoms with Crippen molar-refractivity contribution in [3.63, 3.8) is 0 Å². The van der Waals surface area contributed by atoms with Crippen molar-refractivity contribution in [1.82, 2.24) is 9.80 Å². The molecule has 0 aromatic carbocycles. The molecule has 2 rings (SSSR count). The lowest BCUT2D eigenvalue weighted by Gasteiger charge is -2.26. The summed E-state index contributed by atoms with van der Waals surface area (Å²) in [5, 5.41) is 8.84. The molecule has 2 atom stereocenters. The van der Waals surface area contributed by atoms with Crippen LogP contribution in [0.5, 0.6) is 0 Å². The molecule has 15 heavy (non-hydrogen) atoms. The standard InChI is InChI=1S/C12H21N3/c1-11(8-13)9-14-5-3-7-15-6-2-4-12(15)10-14/h11-12H,2-7,9-10H2,1H3. The third-order valence-electron chi connectivity index (χ3n) is 3.64. The van der Waals surface area contributed by atoms with Gasteiger partial charge in [-0.2, -0.15) is 5.26 Å². The number of nitrogens with zero attached hydrogens (tertiary/aromatic N) is 3. The number of nitriles is 1. The molecule has 3 heteroatoms. The van der Waals surface area contributed by atoms with E-state index in [0.717, 1.165) is 12.6 Å². The van der Waals surface area contributed by atoms with Crippen LogP contribution < -0.4 is 0 Å². The monoisotopic (exact) mass is 207 g/mol. The van der Waals surface area contributed by atoms with Crippen molar-refractivity contribution in [3.05, 3.63) is 0 Å². The second-order valence-electron chi connectivity index (χ2n) is 4.98. The summed E-state index contributed by atoms with van der Waals surface area (Å²) in [6.45, 7) is 7.91. The molecule has 0 aromatic heterocycles. The maximum absolute atomic E-state index is 8.84. The molecule has 2 aliphatic heterocycles. The third-order valence-corrected chi connectivity index (χ3v) is 3.64. The van der Waals surface area contributed by atoms with Crippen molar-refractivity contribution in [2.24, 2.45) is 5.92 Å². The van der Waals surface area contributed by atoms with Gasteiger partial charge in [-0.15, -0.1) is 0 Å². The predicted molar refractivity (Wildman–Crippen MR) is 60.4 cm³/mol. The summed E-state index contributed by atoms with van der Waals surface area (Å²) in [7, 11) is 0. The molecule has 3 nitrogen and oxygen atoms in total. The second-order valence-corrected chi connectivity index (χ2v) is 4.98. The highest BCUT2D eigenvalue weighted by molar-refractivity contribution is 4.88. The predicted octanol–water partition coefficient (Wildman–Crippen LogP) is 1.32. The van der Waals surface area contributed by atoms with Crippen LogP contribution in [0, 0.1) is 17.2 Å². The van der Waals surface area contributed by atoms with Crippen LogP contribution in [0.4, 0.5) is 0 Å². The minimum Gasteiger partial charge on any atom is -0.300 e. The molecular formula is C12H21N3. The van der Waals surface area contributed by atoms with E-state index in [-0.39, 0.29) is 5.92 Å². The van der Waals surface area contributed by atoms with Gasteiger partial charge in [0, 0.05) is 19.1 Å². The Bertz CT molecular complexity index is 246. The molecule has 0 saturated carbocycles. The van der Waals surface area contributed by atoms with Gasteiger partial charge >= 0.3 is 0 Å². The van der Waals surface area contributed by atoms with Gasteiger partial charge in [0.25, 0.3) is 0 Å². The van der Waals surface area contributed by atoms with E-state index < -0.39 is 0 Å². The molecule has 2 saturated heterocycles. The molecule has 84 valence electrons. The van der Waals surface area contributed by atoms with Crippen molar-refractivity contribution in [2.45, 2.75) is 32.2 Å². The maximum Gasteiger partial charge on any atom is 0.0666 e. The van der Waals surface area contributed by atoms with Gasteiger partial charge in [0.15, 0.2) is 0 Å². The molecule has 2 unspecified atom stereocenters. The Labute approximate surface area is 92.7 Å². The van der Waals surface area contributed by atoms with Gasteiger partial charge in [0.2, 0.25) is 0 Å². The summed E-state index contributed by atoms with van der Waals surface area (Å²) < 4.78 is 0. The van der Waals surface area contributed by atoms with E-state index in [9.17, 15) is 0 Å². The topological polar surface area (TPSA) is 30.3 Å². The molecule has 2 aliphatic rings. The molecule has 0 bridgehead atoms. The maximum atomic E-state index is 8.84. The summed E-state index contributed by atoms with van der Waals surface area (Å²) in [4.78, 5) is 5.13. The van der Waals surface area contributed by atoms with Crippen LogP contribution in [0.2, 0.25) is 0 Å². The van der Waals surface area contributed by atoms with Crippen LogP contribution in [0.25, 0.3) is 0 Å². The zero-order chi connectivity index (χ0) is 10.7. The minimum atomic E-state index is 0.179. The Hall–Kier alpha value is -0.590. The fourth-order valence-corrected chi connectivity index (χ4v) is 2.88. The second kappa shape index (κ2) is 4.96. The lowest BCUT2D eigenvalue weighted by molar-refractivity contribution is 0.212. The van der Waals surface area contributed by atoms with Gasteiger partial charge in [-0.1, -0.05) is 0 Å². The summed E-state index contributed by atoms with van der Waals surface area (Å²) >= 11 is 0. The summed E-state index contributed by atoms with van der Waals surface area (Å²) in [6.07, 6.45) is 4.00. The van der Waals surface area contributed by atoms with Gasteiger partial charge in [-0.3, -0.25) is 4.90 Å².